The summed E-state index contributed by atoms with van der Waals surface area (Å²) in [4.78, 5) is 16.9. The van der Waals surface area contributed by atoms with Gasteiger partial charge in [0.2, 0.25) is 0 Å². The van der Waals surface area contributed by atoms with E-state index in [0.717, 1.165) is 71.0 Å². The minimum absolute atomic E-state index is 0.452. The molecule has 5 heterocycles. The van der Waals surface area contributed by atoms with Gasteiger partial charge in [0.05, 0.1) is 11.3 Å². The second-order valence-corrected chi connectivity index (χ2v) is 10.2. The SMILES string of the molecule is Nc1ncccc1-c1nc2ccc(-c3ccccc3)nc2n1-c1ccc(CN2C[C@H]3CNC[C@@H]3C2)cc1. The molecule has 184 valence electrons. The number of rotatable bonds is 5. The molecule has 7 nitrogen and oxygen atoms in total. The Morgan fingerprint density at radius 1 is 0.838 bits per heavy atom. The van der Waals surface area contributed by atoms with Gasteiger partial charge in [0.15, 0.2) is 11.5 Å². The molecule has 2 aliphatic heterocycles. The molecule has 0 bridgehead atoms. The highest BCUT2D eigenvalue weighted by Gasteiger charge is 2.35. The average Bonchev–Trinajstić information content (AvgIpc) is 3.63. The van der Waals surface area contributed by atoms with Crippen molar-refractivity contribution < 1.29 is 0 Å². The zero-order valence-electron chi connectivity index (χ0n) is 20.6. The number of nitrogens with zero attached hydrogens (tertiary/aromatic N) is 5. The summed E-state index contributed by atoms with van der Waals surface area (Å²) in [6.07, 6.45) is 1.70. The molecule has 0 unspecified atom stereocenters. The molecule has 2 aliphatic rings. The van der Waals surface area contributed by atoms with Crippen LogP contribution in [0.25, 0.3) is 39.5 Å². The van der Waals surface area contributed by atoms with Crippen LogP contribution in [-0.2, 0) is 6.54 Å². The van der Waals surface area contributed by atoms with Gasteiger partial charge in [0, 0.05) is 37.1 Å². The van der Waals surface area contributed by atoms with Gasteiger partial charge in [-0.1, -0.05) is 42.5 Å². The predicted octanol–water partition coefficient (Wildman–Crippen LogP) is 4.38. The number of hydrogen-bond donors (Lipinski definition) is 2. The van der Waals surface area contributed by atoms with Crippen LogP contribution in [0.3, 0.4) is 0 Å². The van der Waals surface area contributed by atoms with E-state index in [1.165, 1.54) is 18.7 Å². The molecule has 3 N–H and O–H groups in total. The van der Waals surface area contributed by atoms with Gasteiger partial charge >= 0.3 is 0 Å². The molecule has 7 rings (SSSR count). The van der Waals surface area contributed by atoms with Crippen LogP contribution in [-0.4, -0.2) is 50.6 Å². The van der Waals surface area contributed by atoms with Crippen LogP contribution in [0.2, 0.25) is 0 Å². The first kappa shape index (κ1) is 22.2. The molecular formula is C30H29N7. The maximum atomic E-state index is 6.30. The first-order chi connectivity index (χ1) is 18.2. The molecule has 2 saturated heterocycles. The summed E-state index contributed by atoms with van der Waals surface area (Å²) in [6.45, 7) is 5.67. The Labute approximate surface area is 216 Å². The number of fused-ring (bicyclic) bond motifs is 2. The smallest absolute Gasteiger partial charge is 0.165 e. The molecule has 2 aromatic carbocycles. The van der Waals surface area contributed by atoms with E-state index in [-0.39, 0.29) is 0 Å². The lowest BCUT2D eigenvalue weighted by molar-refractivity contribution is 0.305. The lowest BCUT2D eigenvalue weighted by Gasteiger charge is -2.17. The molecule has 3 aromatic heterocycles. The largest absolute Gasteiger partial charge is 0.383 e. The molecule has 0 amide bonds. The van der Waals surface area contributed by atoms with Crippen LogP contribution in [0.4, 0.5) is 5.82 Å². The molecule has 0 radical (unpaired) electrons. The normalized spacial score (nSPS) is 19.5. The first-order valence-corrected chi connectivity index (χ1v) is 12.9. The average molecular weight is 488 g/mol. The van der Waals surface area contributed by atoms with E-state index in [2.05, 4.69) is 56.2 Å². The quantitative estimate of drug-likeness (QED) is 0.383. The number of pyridine rings is 2. The van der Waals surface area contributed by atoms with Crippen molar-refractivity contribution in [3.63, 3.8) is 0 Å². The summed E-state index contributed by atoms with van der Waals surface area (Å²) in [5.74, 6) is 2.79. The number of anilines is 1. The van der Waals surface area contributed by atoms with Crippen molar-refractivity contribution in [1.29, 1.82) is 0 Å². The van der Waals surface area contributed by atoms with Crippen molar-refractivity contribution in [1.82, 2.24) is 29.7 Å². The number of likely N-dealkylation sites (tertiary alicyclic amines) is 1. The molecule has 2 fully saturated rings. The van der Waals surface area contributed by atoms with E-state index in [9.17, 15) is 0 Å². The molecule has 7 heteroatoms. The van der Waals surface area contributed by atoms with Gasteiger partial charge in [-0.15, -0.1) is 0 Å². The summed E-state index contributed by atoms with van der Waals surface area (Å²) in [5, 5.41) is 3.53. The Kier molecular flexibility index (Phi) is 5.45. The van der Waals surface area contributed by atoms with Crippen LogP contribution in [0.5, 0.6) is 0 Å². The molecule has 0 spiro atoms. The highest BCUT2D eigenvalue weighted by molar-refractivity contribution is 5.84. The van der Waals surface area contributed by atoms with E-state index in [1.807, 2.05) is 42.5 Å². The predicted molar refractivity (Wildman–Crippen MR) is 147 cm³/mol. The molecule has 2 atom stereocenters. The zero-order chi connectivity index (χ0) is 24.8. The maximum Gasteiger partial charge on any atom is 0.165 e. The summed E-state index contributed by atoms with van der Waals surface area (Å²) >= 11 is 0. The van der Waals surface area contributed by atoms with Crippen molar-refractivity contribution >= 4 is 17.0 Å². The fraction of sp³-hybridized carbons (Fsp3) is 0.233. The van der Waals surface area contributed by atoms with Gasteiger partial charge < -0.3 is 11.1 Å². The van der Waals surface area contributed by atoms with Crippen LogP contribution in [0.15, 0.2) is 85.1 Å². The van der Waals surface area contributed by atoms with Crippen molar-refractivity contribution in [2.24, 2.45) is 11.8 Å². The highest BCUT2D eigenvalue weighted by atomic mass is 15.2. The van der Waals surface area contributed by atoms with Crippen LogP contribution < -0.4 is 11.1 Å². The van der Waals surface area contributed by atoms with Gasteiger partial charge in [0.25, 0.3) is 0 Å². The topological polar surface area (TPSA) is 84.9 Å². The first-order valence-electron chi connectivity index (χ1n) is 12.9. The van der Waals surface area contributed by atoms with Gasteiger partial charge in [-0.25, -0.2) is 15.0 Å². The summed E-state index contributed by atoms with van der Waals surface area (Å²) in [7, 11) is 0. The lowest BCUT2D eigenvalue weighted by Crippen LogP contribution is -2.25. The standard InChI is InChI=1S/C30H29N7/c31-28-25(7-4-14-33-28)29-35-27-13-12-26(21-5-2-1-3-6-21)34-30(27)37(29)24-10-8-20(9-11-24)17-36-18-22-15-32-16-23(22)19-36/h1-14,22-23,32H,15-19H2,(H2,31,33)/t22-,23-/m1/s1. The zero-order valence-corrected chi connectivity index (χ0v) is 20.6. The third kappa shape index (κ3) is 4.06. The van der Waals surface area contributed by atoms with Gasteiger partial charge in [0.1, 0.15) is 11.3 Å². The highest BCUT2D eigenvalue weighted by Crippen LogP contribution is 2.32. The number of nitrogens with two attached hydrogens (primary N) is 1. The second kappa shape index (κ2) is 9.10. The minimum Gasteiger partial charge on any atom is -0.383 e. The van der Waals surface area contributed by atoms with E-state index in [0.29, 0.717) is 5.82 Å². The lowest BCUT2D eigenvalue weighted by atomic mass is 10.0. The fourth-order valence-electron chi connectivity index (χ4n) is 5.85. The Bertz CT molecular complexity index is 1550. The van der Waals surface area contributed by atoms with E-state index >= 15 is 0 Å². The summed E-state index contributed by atoms with van der Waals surface area (Å²) in [6, 6.07) is 26.9. The summed E-state index contributed by atoms with van der Waals surface area (Å²) < 4.78 is 2.10. The number of nitrogen functional groups attached to an aromatic ring is 1. The molecular weight excluding hydrogens is 458 g/mol. The number of imidazole rings is 1. The molecule has 0 aliphatic carbocycles. The second-order valence-electron chi connectivity index (χ2n) is 10.2. The molecule has 0 saturated carbocycles. The van der Waals surface area contributed by atoms with Gasteiger partial charge in [-0.3, -0.25) is 9.47 Å². The Morgan fingerprint density at radius 2 is 1.62 bits per heavy atom. The minimum atomic E-state index is 0.452. The third-order valence-corrected chi connectivity index (χ3v) is 7.72. The van der Waals surface area contributed by atoms with E-state index in [1.54, 1.807) is 6.20 Å². The van der Waals surface area contributed by atoms with Crippen molar-refractivity contribution in [2.75, 3.05) is 31.9 Å². The van der Waals surface area contributed by atoms with Crippen LogP contribution in [0.1, 0.15) is 5.56 Å². The Hall–Kier alpha value is -4.07. The molecule has 5 aromatic rings. The number of hydrogen-bond acceptors (Lipinski definition) is 6. The van der Waals surface area contributed by atoms with Crippen LogP contribution >= 0.6 is 0 Å². The number of benzene rings is 2. The van der Waals surface area contributed by atoms with Gasteiger partial charge in [-0.2, -0.15) is 0 Å². The van der Waals surface area contributed by atoms with E-state index < -0.39 is 0 Å². The van der Waals surface area contributed by atoms with Crippen molar-refractivity contribution in [3.05, 3.63) is 90.6 Å². The third-order valence-electron chi connectivity index (χ3n) is 7.72. The van der Waals surface area contributed by atoms with Gasteiger partial charge in [-0.05, 0) is 66.9 Å². The van der Waals surface area contributed by atoms with Crippen molar-refractivity contribution in [3.8, 4) is 28.3 Å². The van der Waals surface area contributed by atoms with E-state index in [4.69, 9.17) is 15.7 Å². The Morgan fingerprint density at radius 3 is 2.38 bits per heavy atom. The number of nitrogens with one attached hydrogen (secondary N) is 1. The molecule has 37 heavy (non-hydrogen) atoms. The Balaban J connectivity index is 1.29. The summed E-state index contributed by atoms with van der Waals surface area (Å²) in [5.41, 5.74) is 13.0. The van der Waals surface area contributed by atoms with Crippen LogP contribution in [0, 0.1) is 11.8 Å². The van der Waals surface area contributed by atoms with Crippen molar-refractivity contribution in [2.45, 2.75) is 6.54 Å². The maximum absolute atomic E-state index is 6.30. The monoisotopic (exact) mass is 487 g/mol. The fourth-order valence-corrected chi connectivity index (χ4v) is 5.85. The number of aromatic nitrogens is 4.